The molecule has 8 nitrogen and oxygen atoms in total. The number of benzene rings is 2. The Morgan fingerprint density at radius 3 is 2.16 bits per heavy atom. The molecule has 2 aromatic carbocycles. The van der Waals surface area contributed by atoms with E-state index in [4.69, 9.17) is 37.4 Å². The van der Waals surface area contributed by atoms with Crippen molar-refractivity contribution in [1.82, 2.24) is 15.0 Å². The van der Waals surface area contributed by atoms with Gasteiger partial charge in [0.25, 0.3) is 0 Å². The van der Waals surface area contributed by atoms with Crippen molar-refractivity contribution in [2.45, 2.75) is 0 Å². The molecule has 0 unspecified atom stereocenters. The lowest BCUT2D eigenvalue weighted by molar-refractivity contribution is 0.215. The molecule has 1 amide bonds. The summed E-state index contributed by atoms with van der Waals surface area (Å²) in [5, 5.41) is 3.12. The molecule has 0 fully saturated rings. The quantitative estimate of drug-likeness (QED) is 0.403. The first kappa shape index (κ1) is 21.6. The second-order valence-corrected chi connectivity index (χ2v) is 7.13. The van der Waals surface area contributed by atoms with Crippen molar-refractivity contribution in [2.24, 2.45) is 0 Å². The number of nitrogens with one attached hydrogen (secondary N) is 1. The van der Waals surface area contributed by atoms with Crippen molar-refractivity contribution in [3.63, 3.8) is 0 Å². The molecule has 0 bridgehead atoms. The van der Waals surface area contributed by atoms with Crippen molar-refractivity contribution in [2.75, 3.05) is 19.5 Å². The first-order chi connectivity index (χ1) is 15.5. The first-order valence-electron chi connectivity index (χ1n) is 9.27. The number of anilines is 1. The van der Waals surface area contributed by atoms with Crippen LogP contribution in [-0.2, 0) is 0 Å². The zero-order valence-electron chi connectivity index (χ0n) is 16.9. The van der Waals surface area contributed by atoms with Crippen LogP contribution in [0.3, 0.4) is 0 Å². The number of hydrogen-bond acceptors (Lipinski definition) is 7. The predicted octanol–water partition coefficient (Wildman–Crippen LogP) is 5.63. The summed E-state index contributed by atoms with van der Waals surface area (Å²) in [4.78, 5) is 25.2. The third kappa shape index (κ3) is 4.10. The van der Waals surface area contributed by atoms with Crippen molar-refractivity contribution < 1.29 is 19.0 Å². The third-order valence-corrected chi connectivity index (χ3v) is 5.28. The molecule has 1 N–H and O–H groups in total. The summed E-state index contributed by atoms with van der Waals surface area (Å²) < 4.78 is 16.2. The molecule has 0 radical (unpaired) electrons. The van der Waals surface area contributed by atoms with Gasteiger partial charge in [-0.2, -0.15) is 0 Å². The maximum atomic E-state index is 12.4. The SMILES string of the molecule is COc1cc(OC)c(Cl)c(-c2ccc(OC(=O)Nc3ccccn3)c3nccnc23)c1Cl. The van der Waals surface area contributed by atoms with Crippen LogP contribution in [0.1, 0.15) is 0 Å². The Bertz CT molecular complexity index is 1270. The Morgan fingerprint density at radius 2 is 1.53 bits per heavy atom. The van der Waals surface area contributed by atoms with Gasteiger partial charge in [-0.25, -0.2) is 14.8 Å². The number of aromatic nitrogens is 3. The van der Waals surface area contributed by atoms with Crippen molar-refractivity contribution in [3.05, 3.63) is 65.0 Å². The number of ether oxygens (including phenoxy) is 3. The molecule has 2 heterocycles. The Labute approximate surface area is 193 Å². The van der Waals surface area contributed by atoms with Gasteiger partial charge in [0.2, 0.25) is 0 Å². The number of rotatable bonds is 5. The van der Waals surface area contributed by atoms with E-state index in [1.165, 1.54) is 26.6 Å². The molecule has 0 aliphatic heterocycles. The average Bonchev–Trinajstić information content (AvgIpc) is 2.81. The normalized spacial score (nSPS) is 10.6. The predicted molar refractivity (Wildman–Crippen MR) is 122 cm³/mol. The molecule has 4 aromatic rings. The van der Waals surface area contributed by atoms with E-state index in [2.05, 4.69) is 20.3 Å². The number of halogens is 2. The minimum atomic E-state index is -0.720. The van der Waals surface area contributed by atoms with Crippen LogP contribution in [-0.4, -0.2) is 35.3 Å². The minimum absolute atomic E-state index is 0.201. The molecule has 162 valence electrons. The van der Waals surface area contributed by atoms with E-state index in [0.717, 1.165) is 0 Å². The third-order valence-electron chi connectivity index (χ3n) is 4.53. The molecule has 0 atom stereocenters. The summed E-state index contributed by atoms with van der Waals surface area (Å²) in [6, 6.07) is 10.00. The van der Waals surface area contributed by atoms with E-state index >= 15 is 0 Å². The Hall–Kier alpha value is -3.62. The molecule has 0 aliphatic carbocycles. The summed E-state index contributed by atoms with van der Waals surface area (Å²) >= 11 is 13.2. The molecule has 0 saturated carbocycles. The van der Waals surface area contributed by atoms with E-state index in [9.17, 15) is 4.79 Å². The second kappa shape index (κ2) is 9.25. The van der Waals surface area contributed by atoms with Crippen LogP contribution in [0, 0.1) is 0 Å². The zero-order valence-corrected chi connectivity index (χ0v) is 18.4. The first-order valence-corrected chi connectivity index (χ1v) is 10.0. The van der Waals surface area contributed by atoms with E-state index < -0.39 is 6.09 Å². The van der Waals surface area contributed by atoms with E-state index in [0.29, 0.717) is 39.5 Å². The van der Waals surface area contributed by atoms with Crippen LogP contribution < -0.4 is 19.5 Å². The lowest BCUT2D eigenvalue weighted by Gasteiger charge is -2.16. The van der Waals surface area contributed by atoms with Gasteiger partial charge in [0, 0.05) is 35.8 Å². The Morgan fingerprint density at radius 1 is 0.844 bits per heavy atom. The summed E-state index contributed by atoms with van der Waals surface area (Å²) in [6.07, 6.45) is 3.84. The standard InChI is InChI=1S/C22H16Cl2N4O4/c1-30-14-11-15(31-2)19(24)17(18(14)23)12-6-7-13(21-20(12)26-9-10-27-21)32-22(29)28-16-5-3-4-8-25-16/h3-11H,1-2H3,(H,25,28,29). The highest BCUT2D eigenvalue weighted by atomic mass is 35.5. The number of amides is 1. The van der Waals surface area contributed by atoms with Gasteiger partial charge >= 0.3 is 6.09 Å². The molecule has 10 heteroatoms. The molecule has 0 aliphatic rings. The number of fused-ring (bicyclic) bond motifs is 1. The largest absolute Gasteiger partial charge is 0.495 e. The molecule has 4 rings (SSSR count). The van der Waals surface area contributed by atoms with Crippen LogP contribution in [0.25, 0.3) is 22.2 Å². The van der Waals surface area contributed by atoms with E-state index in [1.807, 2.05) is 0 Å². The summed E-state index contributed by atoms with van der Waals surface area (Å²) in [6.45, 7) is 0. The Balaban J connectivity index is 1.80. The summed E-state index contributed by atoms with van der Waals surface area (Å²) in [5.41, 5.74) is 1.79. The number of carbonyl (C=O) groups is 1. The minimum Gasteiger partial charge on any atom is -0.495 e. The van der Waals surface area contributed by atoms with Crippen LogP contribution in [0.15, 0.2) is 55.0 Å². The van der Waals surface area contributed by atoms with Crippen molar-refractivity contribution in [3.8, 4) is 28.4 Å². The number of methoxy groups -OCH3 is 2. The number of hydrogen-bond donors (Lipinski definition) is 1. The maximum Gasteiger partial charge on any atom is 0.418 e. The molecular weight excluding hydrogens is 455 g/mol. The Kier molecular flexibility index (Phi) is 6.25. The van der Waals surface area contributed by atoms with Gasteiger partial charge in [-0.1, -0.05) is 29.3 Å². The fourth-order valence-corrected chi connectivity index (χ4v) is 3.81. The van der Waals surface area contributed by atoms with Crippen LogP contribution in [0.2, 0.25) is 10.0 Å². The van der Waals surface area contributed by atoms with Gasteiger partial charge in [0.15, 0.2) is 5.75 Å². The molecule has 0 spiro atoms. The van der Waals surface area contributed by atoms with Crippen molar-refractivity contribution >= 4 is 46.1 Å². The number of nitrogens with zero attached hydrogens (tertiary/aromatic N) is 3. The molecule has 32 heavy (non-hydrogen) atoms. The van der Waals surface area contributed by atoms with Crippen LogP contribution in [0.5, 0.6) is 17.2 Å². The zero-order chi connectivity index (χ0) is 22.7. The highest BCUT2D eigenvalue weighted by Crippen LogP contribution is 2.47. The van der Waals surface area contributed by atoms with Gasteiger partial charge in [-0.15, -0.1) is 0 Å². The van der Waals surface area contributed by atoms with Gasteiger partial charge < -0.3 is 14.2 Å². The molecule has 2 aromatic heterocycles. The smallest absolute Gasteiger partial charge is 0.418 e. The monoisotopic (exact) mass is 470 g/mol. The molecule has 0 saturated heterocycles. The summed E-state index contributed by atoms with van der Waals surface area (Å²) in [7, 11) is 2.99. The van der Waals surface area contributed by atoms with Crippen molar-refractivity contribution in [1.29, 1.82) is 0 Å². The van der Waals surface area contributed by atoms with E-state index in [-0.39, 0.29) is 15.8 Å². The fraction of sp³-hybridized carbons (Fsp3) is 0.0909. The number of carbonyl (C=O) groups excluding carboxylic acids is 1. The molecular formula is C22H16Cl2N4O4. The highest BCUT2D eigenvalue weighted by molar-refractivity contribution is 6.41. The second-order valence-electron chi connectivity index (χ2n) is 6.38. The van der Waals surface area contributed by atoms with Crippen LogP contribution >= 0.6 is 23.2 Å². The highest BCUT2D eigenvalue weighted by Gasteiger charge is 2.22. The van der Waals surface area contributed by atoms with Gasteiger partial charge in [0.05, 0.1) is 24.3 Å². The van der Waals surface area contributed by atoms with Gasteiger partial charge in [0.1, 0.15) is 28.4 Å². The average molecular weight is 471 g/mol. The van der Waals surface area contributed by atoms with Gasteiger partial charge in [-0.3, -0.25) is 10.3 Å². The maximum absolute atomic E-state index is 12.4. The fourth-order valence-electron chi connectivity index (χ4n) is 3.11. The topological polar surface area (TPSA) is 95.5 Å². The lowest BCUT2D eigenvalue weighted by Crippen LogP contribution is -2.17. The van der Waals surface area contributed by atoms with E-state index in [1.54, 1.807) is 42.6 Å². The van der Waals surface area contributed by atoms with Gasteiger partial charge in [-0.05, 0) is 24.3 Å². The van der Waals surface area contributed by atoms with Crippen LogP contribution in [0.4, 0.5) is 10.6 Å². The lowest BCUT2D eigenvalue weighted by atomic mass is 10.0. The summed E-state index contributed by atoms with van der Waals surface area (Å²) in [5.74, 6) is 1.32. The number of pyridine rings is 1.